The van der Waals surface area contributed by atoms with Crippen LogP contribution in [0.4, 0.5) is 0 Å². The van der Waals surface area contributed by atoms with Crippen LogP contribution in [0, 0.1) is 0 Å². The van der Waals surface area contributed by atoms with Gasteiger partial charge in [0.1, 0.15) is 0 Å². The molecule has 0 saturated carbocycles. The first-order valence-electron chi connectivity index (χ1n) is 5.70. The predicted octanol–water partition coefficient (Wildman–Crippen LogP) is 2.39. The number of nitrogens with two attached hydrogens (primary N) is 1. The van der Waals surface area contributed by atoms with Crippen molar-refractivity contribution in [1.29, 1.82) is 0 Å². The van der Waals surface area contributed by atoms with Gasteiger partial charge in [0, 0.05) is 27.3 Å². The Morgan fingerprint density at radius 2 is 2.41 bits per heavy atom. The van der Waals surface area contributed by atoms with Crippen LogP contribution in [0.5, 0.6) is 0 Å². The zero-order chi connectivity index (χ0) is 12.6. The first-order chi connectivity index (χ1) is 7.91. The predicted molar refractivity (Wildman–Crippen MR) is 74.1 cm³/mol. The van der Waals surface area contributed by atoms with Gasteiger partial charge in [0.2, 0.25) is 5.91 Å². The van der Waals surface area contributed by atoms with Crippen LogP contribution in [0.3, 0.4) is 0 Å². The topological polar surface area (TPSA) is 46.3 Å². The summed E-state index contributed by atoms with van der Waals surface area (Å²) >= 11 is 5.02. The molecule has 1 aliphatic heterocycles. The summed E-state index contributed by atoms with van der Waals surface area (Å²) in [6, 6.07) is 2.09. The van der Waals surface area contributed by atoms with E-state index in [1.807, 2.05) is 30.2 Å². The van der Waals surface area contributed by atoms with Crippen LogP contribution >= 0.6 is 27.3 Å². The normalized spacial score (nSPS) is 23.1. The molecule has 1 aromatic rings. The summed E-state index contributed by atoms with van der Waals surface area (Å²) in [6.45, 7) is 4.87. The average molecular weight is 317 g/mol. The van der Waals surface area contributed by atoms with Crippen molar-refractivity contribution in [2.45, 2.75) is 38.3 Å². The number of likely N-dealkylation sites (tertiary alicyclic amines) is 1. The first-order valence-corrected chi connectivity index (χ1v) is 7.37. The Morgan fingerprint density at radius 1 is 1.71 bits per heavy atom. The van der Waals surface area contributed by atoms with Crippen molar-refractivity contribution in [2.75, 3.05) is 6.54 Å². The van der Waals surface area contributed by atoms with Crippen LogP contribution in [-0.2, 0) is 11.2 Å². The number of nitrogens with zero attached hydrogens (tertiary/aromatic N) is 1. The summed E-state index contributed by atoms with van der Waals surface area (Å²) in [5.74, 6) is 0.178. The van der Waals surface area contributed by atoms with Gasteiger partial charge in [-0.2, -0.15) is 0 Å². The lowest BCUT2D eigenvalue weighted by atomic mass is 9.96. The molecule has 1 fully saturated rings. The van der Waals surface area contributed by atoms with Gasteiger partial charge >= 0.3 is 0 Å². The van der Waals surface area contributed by atoms with Crippen molar-refractivity contribution in [1.82, 2.24) is 4.90 Å². The van der Waals surface area contributed by atoms with Crippen LogP contribution in [0.1, 0.15) is 25.1 Å². The Labute approximate surface area is 114 Å². The van der Waals surface area contributed by atoms with E-state index in [9.17, 15) is 4.79 Å². The highest BCUT2D eigenvalue weighted by Gasteiger charge is 2.41. The Bertz CT molecular complexity index is 430. The van der Waals surface area contributed by atoms with Crippen molar-refractivity contribution in [2.24, 2.45) is 5.73 Å². The fourth-order valence-corrected chi connectivity index (χ4v) is 3.69. The zero-order valence-corrected chi connectivity index (χ0v) is 12.5. The molecule has 1 unspecified atom stereocenters. The van der Waals surface area contributed by atoms with E-state index < -0.39 is 0 Å². The van der Waals surface area contributed by atoms with E-state index >= 15 is 0 Å². The van der Waals surface area contributed by atoms with E-state index in [2.05, 4.69) is 15.9 Å². The molecule has 3 nitrogen and oxygen atoms in total. The highest BCUT2D eigenvalue weighted by Crippen LogP contribution is 2.29. The van der Waals surface area contributed by atoms with Crippen LogP contribution in [0.15, 0.2) is 15.9 Å². The number of halogens is 1. The molecular weight excluding hydrogens is 300 g/mol. The smallest absolute Gasteiger partial charge is 0.228 e. The fourth-order valence-electron chi connectivity index (χ4n) is 2.25. The molecule has 2 rings (SSSR count). The summed E-state index contributed by atoms with van der Waals surface area (Å²) in [5, 5.41) is 2.00. The van der Waals surface area contributed by atoms with Crippen LogP contribution in [-0.4, -0.2) is 28.9 Å². The molecule has 0 bridgehead atoms. The second-order valence-corrected chi connectivity index (χ2v) is 6.91. The molecule has 94 valence electrons. The highest BCUT2D eigenvalue weighted by atomic mass is 79.9. The van der Waals surface area contributed by atoms with E-state index in [-0.39, 0.29) is 17.5 Å². The van der Waals surface area contributed by atoms with E-state index in [4.69, 9.17) is 5.73 Å². The summed E-state index contributed by atoms with van der Waals surface area (Å²) in [5.41, 5.74) is 5.82. The Hall–Kier alpha value is -0.390. The standard InChI is InChI=1S/C12H17BrN2OS/c1-12(2)10(14)3-4-15(12)11(16)6-9-5-8(13)7-17-9/h5,7,10H,3-4,6,14H2,1-2H3. The Balaban J connectivity index is 2.06. The molecule has 0 aromatic carbocycles. The fraction of sp³-hybridized carbons (Fsp3) is 0.583. The minimum Gasteiger partial charge on any atom is -0.336 e. The third-order valence-electron chi connectivity index (χ3n) is 3.52. The summed E-state index contributed by atoms with van der Waals surface area (Å²) in [4.78, 5) is 15.3. The van der Waals surface area contributed by atoms with Gasteiger partial charge in [-0.15, -0.1) is 11.3 Å². The monoisotopic (exact) mass is 316 g/mol. The van der Waals surface area contributed by atoms with Crippen molar-refractivity contribution in [3.63, 3.8) is 0 Å². The molecule has 0 radical (unpaired) electrons. The van der Waals surface area contributed by atoms with Crippen LogP contribution in [0.2, 0.25) is 0 Å². The van der Waals surface area contributed by atoms with Crippen LogP contribution < -0.4 is 5.73 Å². The number of amides is 1. The third-order valence-corrected chi connectivity index (χ3v) is 5.21. The summed E-state index contributed by atoms with van der Waals surface area (Å²) in [7, 11) is 0. The minimum absolute atomic E-state index is 0.0847. The van der Waals surface area contributed by atoms with Gasteiger partial charge in [-0.1, -0.05) is 0 Å². The van der Waals surface area contributed by atoms with Gasteiger partial charge in [-0.3, -0.25) is 4.79 Å². The zero-order valence-electron chi connectivity index (χ0n) is 10.1. The highest BCUT2D eigenvalue weighted by molar-refractivity contribution is 9.10. The van der Waals surface area contributed by atoms with E-state index in [0.29, 0.717) is 6.42 Å². The maximum Gasteiger partial charge on any atom is 0.228 e. The number of rotatable bonds is 2. The molecule has 2 heterocycles. The molecule has 1 atom stereocenters. The van der Waals surface area contributed by atoms with Crippen molar-refractivity contribution in [3.8, 4) is 0 Å². The lowest BCUT2D eigenvalue weighted by Gasteiger charge is -2.34. The van der Waals surface area contributed by atoms with E-state index in [1.54, 1.807) is 11.3 Å². The molecule has 1 aliphatic rings. The van der Waals surface area contributed by atoms with Crippen molar-refractivity contribution >= 4 is 33.2 Å². The van der Waals surface area contributed by atoms with Gasteiger partial charge < -0.3 is 10.6 Å². The largest absolute Gasteiger partial charge is 0.336 e. The Kier molecular flexibility index (Phi) is 3.61. The summed E-state index contributed by atoms with van der Waals surface area (Å²) < 4.78 is 1.04. The van der Waals surface area contributed by atoms with E-state index in [0.717, 1.165) is 22.3 Å². The maximum atomic E-state index is 12.2. The second-order valence-electron chi connectivity index (χ2n) is 5.00. The van der Waals surface area contributed by atoms with Gasteiger partial charge in [-0.25, -0.2) is 0 Å². The van der Waals surface area contributed by atoms with Gasteiger partial charge in [-0.05, 0) is 42.3 Å². The lowest BCUT2D eigenvalue weighted by molar-refractivity contribution is -0.133. The quantitative estimate of drug-likeness (QED) is 0.910. The maximum absolute atomic E-state index is 12.2. The molecule has 0 aliphatic carbocycles. The molecule has 1 saturated heterocycles. The molecule has 0 spiro atoms. The number of carbonyl (C=O) groups excluding carboxylic acids is 1. The summed E-state index contributed by atoms with van der Waals surface area (Å²) in [6.07, 6.45) is 1.37. The number of carbonyl (C=O) groups is 1. The second kappa shape index (κ2) is 4.71. The molecular formula is C12H17BrN2OS. The number of hydrogen-bond acceptors (Lipinski definition) is 3. The third kappa shape index (κ3) is 2.56. The van der Waals surface area contributed by atoms with Gasteiger partial charge in [0.15, 0.2) is 0 Å². The number of hydrogen-bond donors (Lipinski definition) is 1. The van der Waals surface area contributed by atoms with E-state index in [1.165, 1.54) is 0 Å². The molecule has 5 heteroatoms. The van der Waals surface area contributed by atoms with Crippen molar-refractivity contribution < 1.29 is 4.79 Å². The van der Waals surface area contributed by atoms with Crippen molar-refractivity contribution in [3.05, 3.63) is 20.8 Å². The van der Waals surface area contributed by atoms with Gasteiger partial charge in [0.05, 0.1) is 12.0 Å². The molecule has 17 heavy (non-hydrogen) atoms. The average Bonchev–Trinajstić information content (AvgIpc) is 2.73. The number of thiophene rings is 1. The minimum atomic E-state index is -0.217. The van der Waals surface area contributed by atoms with Crippen LogP contribution in [0.25, 0.3) is 0 Å². The molecule has 1 amide bonds. The van der Waals surface area contributed by atoms with Gasteiger partial charge in [0.25, 0.3) is 0 Å². The molecule has 1 aromatic heterocycles. The Morgan fingerprint density at radius 3 is 2.88 bits per heavy atom. The SMILES string of the molecule is CC1(C)C(N)CCN1C(=O)Cc1cc(Br)cs1. The molecule has 2 N–H and O–H groups in total. The lowest BCUT2D eigenvalue weighted by Crippen LogP contribution is -2.51. The first kappa shape index (κ1) is 13.1.